The first-order chi connectivity index (χ1) is 16.0. The Kier molecular flexibility index (Phi) is 7.88. The molecule has 3 heterocycles. The van der Waals surface area contributed by atoms with Gasteiger partial charge in [-0.15, -0.1) is 0 Å². The third-order valence-corrected chi connectivity index (χ3v) is 7.63. The van der Waals surface area contributed by atoms with Crippen LogP contribution in [0.2, 0.25) is 0 Å². The second-order valence-corrected chi connectivity index (χ2v) is 10.1. The molecule has 8 heteroatoms. The van der Waals surface area contributed by atoms with Gasteiger partial charge in [0.25, 0.3) is 11.5 Å². The first-order valence-electron chi connectivity index (χ1n) is 11.7. The lowest BCUT2D eigenvalue weighted by molar-refractivity contribution is -0.122. The number of benzene rings is 1. The number of fused-ring (bicyclic) bond motifs is 1. The summed E-state index contributed by atoms with van der Waals surface area (Å²) in [5.41, 5.74) is 2.34. The van der Waals surface area contributed by atoms with Gasteiger partial charge < -0.3 is 14.2 Å². The number of hydrogen-bond donors (Lipinski definition) is 0. The van der Waals surface area contributed by atoms with E-state index in [0.29, 0.717) is 34.5 Å². The van der Waals surface area contributed by atoms with E-state index in [1.807, 2.05) is 25.1 Å². The number of aryl methyl sites for hydroxylation is 1. The lowest BCUT2D eigenvalue weighted by Crippen LogP contribution is -2.31. The van der Waals surface area contributed by atoms with E-state index in [-0.39, 0.29) is 11.5 Å². The predicted octanol–water partition coefficient (Wildman–Crippen LogP) is 4.55. The standard InChI is InChI=1S/C25H31N3O3S2/c1-3-31-16-10-15-28-24(30)21(33-25(28)32)17-19-22(27-13-8-4-5-9-14-27)18-11-6-7-12-20(18)26(2)23(19)29/h6-7,11-12,17H,3-5,8-10,13-16H2,1-2H3. The minimum absolute atomic E-state index is 0.0884. The van der Waals surface area contributed by atoms with Gasteiger partial charge in [-0.3, -0.25) is 14.5 Å². The van der Waals surface area contributed by atoms with E-state index >= 15 is 0 Å². The minimum Gasteiger partial charge on any atom is -0.382 e. The molecule has 0 aliphatic carbocycles. The number of aromatic nitrogens is 1. The molecule has 1 aromatic carbocycles. The van der Waals surface area contributed by atoms with Crippen LogP contribution in [-0.4, -0.2) is 52.5 Å². The van der Waals surface area contributed by atoms with E-state index in [2.05, 4.69) is 11.0 Å². The smallest absolute Gasteiger partial charge is 0.266 e. The number of rotatable bonds is 7. The van der Waals surface area contributed by atoms with Gasteiger partial charge in [0.1, 0.15) is 4.32 Å². The third-order valence-electron chi connectivity index (χ3n) is 6.26. The molecule has 0 atom stereocenters. The molecule has 1 aromatic heterocycles. The molecular formula is C25H31N3O3S2. The molecule has 2 aliphatic heterocycles. The molecule has 4 rings (SSSR count). The van der Waals surface area contributed by atoms with Gasteiger partial charge in [-0.05, 0) is 38.3 Å². The molecule has 176 valence electrons. The maximum absolute atomic E-state index is 13.5. The molecular weight excluding hydrogens is 454 g/mol. The van der Waals surface area contributed by atoms with Crippen molar-refractivity contribution in [2.75, 3.05) is 37.7 Å². The predicted molar refractivity (Wildman–Crippen MR) is 141 cm³/mol. The van der Waals surface area contributed by atoms with Gasteiger partial charge in [-0.1, -0.05) is 55.0 Å². The van der Waals surface area contributed by atoms with Gasteiger partial charge >= 0.3 is 0 Å². The van der Waals surface area contributed by atoms with Crippen molar-refractivity contribution in [3.63, 3.8) is 0 Å². The van der Waals surface area contributed by atoms with Crippen molar-refractivity contribution in [2.45, 2.75) is 39.0 Å². The number of hydrogen-bond acceptors (Lipinski definition) is 6. The number of anilines is 1. The minimum atomic E-state index is -0.126. The fourth-order valence-electron chi connectivity index (χ4n) is 4.56. The second kappa shape index (κ2) is 10.8. The summed E-state index contributed by atoms with van der Waals surface area (Å²) in [6, 6.07) is 8.03. The van der Waals surface area contributed by atoms with Crippen LogP contribution in [0.25, 0.3) is 17.0 Å². The van der Waals surface area contributed by atoms with E-state index in [4.69, 9.17) is 17.0 Å². The highest BCUT2D eigenvalue weighted by Crippen LogP contribution is 2.36. The number of amides is 1. The van der Waals surface area contributed by atoms with E-state index in [9.17, 15) is 9.59 Å². The summed E-state index contributed by atoms with van der Waals surface area (Å²) in [6.07, 6.45) is 7.11. The van der Waals surface area contributed by atoms with Gasteiger partial charge in [-0.2, -0.15) is 0 Å². The quantitative estimate of drug-likeness (QED) is 0.326. The zero-order chi connectivity index (χ0) is 23.4. The number of carbonyl (C=O) groups excluding carboxylic acids is 1. The number of thioether (sulfide) groups is 1. The summed E-state index contributed by atoms with van der Waals surface area (Å²) in [5.74, 6) is -0.126. The fourth-order valence-corrected chi connectivity index (χ4v) is 5.85. The number of carbonyl (C=O) groups is 1. The van der Waals surface area contributed by atoms with Crippen molar-refractivity contribution in [2.24, 2.45) is 7.05 Å². The molecule has 0 bridgehead atoms. The summed E-state index contributed by atoms with van der Waals surface area (Å²) >= 11 is 6.77. The molecule has 2 aromatic rings. The number of thiocarbonyl (C=S) groups is 1. The van der Waals surface area contributed by atoms with Crippen LogP contribution in [0.4, 0.5) is 5.69 Å². The third kappa shape index (κ3) is 5.03. The highest BCUT2D eigenvalue weighted by molar-refractivity contribution is 8.26. The van der Waals surface area contributed by atoms with Crippen molar-refractivity contribution in [3.05, 3.63) is 45.1 Å². The number of para-hydroxylation sites is 1. The van der Waals surface area contributed by atoms with E-state index < -0.39 is 0 Å². The Hall–Kier alpha value is -2.16. The molecule has 0 N–H and O–H groups in total. The Balaban J connectivity index is 1.77. The zero-order valence-electron chi connectivity index (χ0n) is 19.3. The van der Waals surface area contributed by atoms with Crippen molar-refractivity contribution in [1.29, 1.82) is 0 Å². The largest absolute Gasteiger partial charge is 0.382 e. The zero-order valence-corrected chi connectivity index (χ0v) is 21.0. The van der Waals surface area contributed by atoms with Crippen molar-refractivity contribution >= 4 is 56.9 Å². The first-order valence-corrected chi connectivity index (χ1v) is 12.9. The van der Waals surface area contributed by atoms with Crippen LogP contribution in [-0.2, 0) is 16.6 Å². The summed E-state index contributed by atoms with van der Waals surface area (Å²) in [7, 11) is 1.80. The highest BCUT2D eigenvalue weighted by atomic mass is 32.2. The fraction of sp³-hybridized carbons (Fsp3) is 0.480. The number of nitrogens with zero attached hydrogens (tertiary/aromatic N) is 3. The van der Waals surface area contributed by atoms with Gasteiger partial charge in [-0.25, -0.2) is 0 Å². The molecule has 2 saturated heterocycles. The van der Waals surface area contributed by atoms with Crippen molar-refractivity contribution in [3.8, 4) is 0 Å². The molecule has 0 radical (unpaired) electrons. The maximum atomic E-state index is 13.5. The molecule has 0 unspecified atom stereocenters. The molecule has 2 aliphatic rings. The first kappa shape index (κ1) is 24.0. The van der Waals surface area contributed by atoms with Crippen molar-refractivity contribution < 1.29 is 9.53 Å². The normalized spacial score (nSPS) is 18.5. The van der Waals surface area contributed by atoms with Crippen LogP contribution < -0.4 is 10.5 Å². The maximum Gasteiger partial charge on any atom is 0.266 e. The molecule has 1 amide bonds. The Morgan fingerprint density at radius 2 is 1.85 bits per heavy atom. The van der Waals surface area contributed by atoms with Crippen LogP contribution in [0.5, 0.6) is 0 Å². The van der Waals surface area contributed by atoms with Crippen LogP contribution >= 0.6 is 24.0 Å². The Morgan fingerprint density at radius 3 is 2.58 bits per heavy atom. The average molecular weight is 486 g/mol. The lowest BCUT2D eigenvalue weighted by atomic mass is 10.1. The van der Waals surface area contributed by atoms with E-state index in [0.717, 1.165) is 48.9 Å². The van der Waals surface area contributed by atoms with E-state index in [1.54, 1.807) is 22.6 Å². The van der Waals surface area contributed by atoms with Gasteiger partial charge in [0.05, 0.1) is 21.7 Å². The van der Waals surface area contributed by atoms with Crippen LogP contribution in [0.3, 0.4) is 0 Å². The highest BCUT2D eigenvalue weighted by Gasteiger charge is 2.32. The van der Waals surface area contributed by atoms with Gasteiger partial charge in [0.2, 0.25) is 0 Å². The van der Waals surface area contributed by atoms with Gasteiger partial charge in [0, 0.05) is 45.3 Å². The summed E-state index contributed by atoms with van der Waals surface area (Å²) in [5, 5.41) is 1.04. The monoisotopic (exact) mass is 485 g/mol. The number of ether oxygens (including phenoxy) is 1. The van der Waals surface area contributed by atoms with Crippen LogP contribution in [0, 0.1) is 0 Å². The van der Waals surface area contributed by atoms with Crippen LogP contribution in [0.15, 0.2) is 34.0 Å². The van der Waals surface area contributed by atoms with E-state index in [1.165, 1.54) is 24.6 Å². The summed E-state index contributed by atoms with van der Waals surface area (Å²) < 4.78 is 7.62. The topological polar surface area (TPSA) is 54.8 Å². The lowest BCUT2D eigenvalue weighted by Gasteiger charge is -2.27. The Labute approximate surface area is 204 Å². The van der Waals surface area contributed by atoms with Crippen LogP contribution in [0.1, 0.15) is 44.6 Å². The molecule has 2 fully saturated rings. The molecule has 33 heavy (non-hydrogen) atoms. The van der Waals surface area contributed by atoms with Crippen molar-refractivity contribution in [1.82, 2.24) is 9.47 Å². The Bertz CT molecular complexity index is 1130. The molecule has 6 nitrogen and oxygen atoms in total. The summed E-state index contributed by atoms with van der Waals surface area (Å²) in [6.45, 7) is 5.55. The molecule has 0 saturated carbocycles. The SMILES string of the molecule is CCOCCCN1C(=O)C(=Cc2c(N3CCCCCC3)c3ccccc3n(C)c2=O)SC1=S. The number of pyridine rings is 1. The summed E-state index contributed by atoms with van der Waals surface area (Å²) in [4.78, 5) is 31.2. The average Bonchev–Trinajstić information content (AvgIpc) is 2.99. The molecule has 0 spiro atoms. The van der Waals surface area contributed by atoms with Gasteiger partial charge in [0.15, 0.2) is 0 Å². The Morgan fingerprint density at radius 1 is 1.12 bits per heavy atom. The second-order valence-electron chi connectivity index (χ2n) is 8.43.